The molecule has 0 saturated carbocycles. The van der Waals surface area contributed by atoms with Crippen molar-refractivity contribution in [2.45, 2.75) is 19.9 Å². The molecule has 22 heavy (non-hydrogen) atoms. The summed E-state index contributed by atoms with van der Waals surface area (Å²) in [7, 11) is 0. The summed E-state index contributed by atoms with van der Waals surface area (Å²) in [5.41, 5.74) is 9.82. The summed E-state index contributed by atoms with van der Waals surface area (Å²) in [6, 6.07) is 8.18. The Hall–Kier alpha value is -2.89. The monoisotopic (exact) mass is 295 g/mol. The van der Waals surface area contributed by atoms with Crippen LogP contribution < -0.4 is 5.73 Å². The molecule has 0 fully saturated rings. The Bertz CT molecular complexity index is 785. The van der Waals surface area contributed by atoms with Crippen LogP contribution in [-0.4, -0.2) is 25.9 Å². The molecular weight excluding hydrogens is 278 g/mol. The summed E-state index contributed by atoms with van der Waals surface area (Å²) in [6.07, 6.45) is 5.96. The third-order valence-corrected chi connectivity index (χ3v) is 3.49. The van der Waals surface area contributed by atoms with E-state index in [1.54, 1.807) is 0 Å². The lowest BCUT2D eigenvalue weighted by Crippen LogP contribution is -2.12. The van der Waals surface area contributed by atoms with E-state index in [1.807, 2.05) is 36.1 Å². The van der Waals surface area contributed by atoms with Crippen LogP contribution in [0.25, 0.3) is 0 Å². The number of carbonyl (C=O) groups is 1. The highest BCUT2D eigenvalue weighted by atomic mass is 16.1. The Balaban J connectivity index is 1.71. The smallest absolute Gasteiger partial charge is 0.252 e. The first-order valence-corrected chi connectivity index (χ1v) is 7.01. The summed E-state index contributed by atoms with van der Waals surface area (Å²) in [6.45, 7) is 2.76. The third kappa shape index (κ3) is 3.06. The molecule has 0 atom stereocenters. The van der Waals surface area contributed by atoms with Gasteiger partial charge in [-0.15, -0.1) is 0 Å². The predicted octanol–water partition coefficient (Wildman–Crippen LogP) is 1.65. The number of nitrogens with one attached hydrogen (secondary N) is 1. The van der Waals surface area contributed by atoms with Gasteiger partial charge in [-0.2, -0.15) is 10.2 Å². The lowest BCUT2D eigenvalue weighted by molar-refractivity contribution is 0.0999. The van der Waals surface area contributed by atoms with Gasteiger partial charge in [0.15, 0.2) is 0 Å². The van der Waals surface area contributed by atoms with E-state index in [0.717, 1.165) is 17.7 Å². The molecule has 6 heteroatoms. The quantitative estimate of drug-likeness (QED) is 0.750. The number of amides is 1. The number of rotatable bonds is 5. The lowest BCUT2D eigenvalue weighted by atomic mass is 10.0. The van der Waals surface area contributed by atoms with Crippen LogP contribution in [0, 0.1) is 6.92 Å². The van der Waals surface area contributed by atoms with Crippen molar-refractivity contribution < 1.29 is 4.79 Å². The van der Waals surface area contributed by atoms with E-state index in [1.165, 1.54) is 11.8 Å². The van der Waals surface area contributed by atoms with E-state index < -0.39 is 5.91 Å². The first kappa shape index (κ1) is 14.1. The fourth-order valence-electron chi connectivity index (χ4n) is 2.36. The number of primary amides is 1. The normalized spacial score (nSPS) is 10.8. The Kier molecular flexibility index (Phi) is 3.74. The number of aromatic amines is 1. The van der Waals surface area contributed by atoms with Gasteiger partial charge in [0.1, 0.15) is 0 Å². The van der Waals surface area contributed by atoms with Gasteiger partial charge in [0.25, 0.3) is 5.91 Å². The number of benzene rings is 1. The molecule has 0 radical (unpaired) electrons. The zero-order chi connectivity index (χ0) is 15.5. The summed E-state index contributed by atoms with van der Waals surface area (Å²) in [5.74, 6) is -0.463. The number of aryl methyl sites for hydroxylation is 1. The first-order chi connectivity index (χ1) is 10.6. The second-order valence-corrected chi connectivity index (χ2v) is 5.32. The highest BCUT2D eigenvalue weighted by Gasteiger charge is 2.11. The molecule has 112 valence electrons. The second kappa shape index (κ2) is 5.85. The zero-order valence-corrected chi connectivity index (χ0v) is 12.3. The maximum atomic E-state index is 11.3. The van der Waals surface area contributed by atoms with Gasteiger partial charge in [0, 0.05) is 18.8 Å². The molecule has 6 nitrogen and oxygen atoms in total. The molecule has 1 aromatic carbocycles. The van der Waals surface area contributed by atoms with Crippen LogP contribution >= 0.6 is 0 Å². The van der Waals surface area contributed by atoms with Crippen molar-refractivity contribution >= 4 is 5.91 Å². The van der Waals surface area contributed by atoms with E-state index >= 15 is 0 Å². The van der Waals surface area contributed by atoms with Crippen LogP contribution in [0.4, 0.5) is 0 Å². The van der Waals surface area contributed by atoms with E-state index in [0.29, 0.717) is 17.7 Å². The maximum Gasteiger partial charge on any atom is 0.252 e. The molecule has 3 aromatic rings. The number of aromatic nitrogens is 4. The average molecular weight is 295 g/mol. The zero-order valence-electron chi connectivity index (χ0n) is 12.3. The molecule has 3 rings (SSSR count). The number of carbonyl (C=O) groups excluding carboxylic acids is 1. The Morgan fingerprint density at radius 3 is 2.64 bits per heavy atom. The topological polar surface area (TPSA) is 89.6 Å². The summed E-state index contributed by atoms with van der Waals surface area (Å²) >= 11 is 0. The van der Waals surface area contributed by atoms with Crippen LogP contribution in [0.3, 0.4) is 0 Å². The summed E-state index contributed by atoms with van der Waals surface area (Å²) in [5, 5.41) is 11.0. The van der Waals surface area contributed by atoms with Crippen LogP contribution in [0.2, 0.25) is 0 Å². The molecule has 0 unspecified atom stereocenters. The Labute approximate surface area is 128 Å². The largest absolute Gasteiger partial charge is 0.365 e. The minimum Gasteiger partial charge on any atom is -0.365 e. The highest BCUT2D eigenvalue weighted by Crippen LogP contribution is 2.13. The Morgan fingerprint density at radius 1 is 1.27 bits per heavy atom. The van der Waals surface area contributed by atoms with Crippen molar-refractivity contribution in [1.29, 1.82) is 0 Å². The lowest BCUT2D eigenvalue weighted by Gasteiger charge is -2.04. The van der Waals surface area contributed by atoms with E-state index in [2.05, 4.69) is 27.4 Å². The minimum absolute atomic E-state index is 0.441. The number of hydrogen-bond donors (Lipinski definition) is 2. The summed E-state index contributed by atoms with van der Waals surface area (Å²) < 4.78 is 1.91. The fraction of sp³-hybridized carbons (Fsp3) is 0.188. The van der Waals surface area contributed by atoms with Crippen LogP contribution in [0.15, 0.2) is 42.9 Å². The van der Waals surface area contributed by atoms with Crippen molar-refractivity contribution in [3.05, 3.63) is 70.8 Å². The molecule has 0 aliphatic carbocycles. The number of H-pyrrole nitrogens is 1. The van der Waals surface area contributed by atoms with Crippen molar-refractivity contribution in [3.63, 3.8) is 0 Å². The first-order valence-electron chi connectivity index (χ1n) is 7.01. The van der Waals surface area contributed by atoms with E-state index in [-0.39, 0.29) is 0 Å². The molecule has 2 heterocycles. The molecule has 0 aliphatic heterocycles. The van der Waals surface area contributed by atoms with Crippen molar-refractivity contribution in [1.82, 2.24) is 20.0 Å². The molecule has 3 N–H and O–H groups in total. The van der Waals surface area contributed by atoms with Gasteiger partial charge in [0.05, 0.1) is 24.0 Å². The fourth-order valence-corrected chi connectivity index (χ4v) is 2.36. The minimum atomic E-state index is -0.463. The van der Waals surface area contributed by atoms with Gasteiger partial charge in [-0.25, -0.2) is 0 Å². The van der Waals surface area contributed by atoms with Gasteiger partial charge >= 0.3 is 0 Å². The van der Waals surface area contributed by atoms with Gasteiger partial charge in [-0.3, -0.25) is 14.6 Å². The standard InChI is InChI=1S/C16H17N5O/c1-11-7-19-21(9-11)10-13-4-2-12(3-5-13)6-15-14(16(17)22)8-18-20-15/h2-5,7-9H,6,10H2,1H3,(H2,17,22)(H,18,20). The summed E-state index contributed by atoms with van der Waals surface area (Å²) in [4.78, 5) is 11.3. The average Bonchev–Trinajstić information content (AvgIpc) is 3.10. The molecule has 1 amide bonds. The van der Waals surface area contributed by atoms with E-state index in [9.17, 15) is 4.79 Å². The highest BCUT2D eigenvalue weighted by molar-refractivity contribution is 5.93. The molecule has 0 saturated heterocycles. The van der Waals surface area contributed by atoms with Crippen molar-refractivity contribution in [2.75, 3.05) is 0 Å². The number of nitrogens with two attached hydrogens (primary N) is 1. The van der Waals surface area contributed by atoms with Crippen molar-refractivity contribution in [2.24, 2.45) is 5.73 Å². The molecule has 0 spiro atoms. The van der Waals surface area contributed by atoms with Gasteiger partial charge < -0.3 is 5.73 Å². The maximum absolute atomic E-state index is 11.3. The number of nitrogens with zero attached hydrogens (tertiary/aromatic N) is 3. The van der Waals surface area contributed by atoms with Crippen LogP contribution in [0.1, 0.15) is 32.7 Å². The number of hydrogen-bond acceptors (Lipinski definition) is 3. The van der Waals surface area contributed by atoms with Gasteiger partial charge in [-0.1, -0.05) is 24.3 Å². The Morgan fingerprint density at radius 2 is 2.00 bits per heavy atom. The second-order valence-electron chi connectivity index (χ2n) is 5.32. The van der Waals surface area contributed by atoms with E-state index in [4.69, 9.17) is 5.73 Å². The van der Waals surface area contributed by atoms with Gasteiger partial charge in [0.2, 0.25) is 0 Å². The molecule has 2 aromatic heterocycles. The third-order valence-electron chi connectivity index (χ3n) is 3.49. The molecular formula is C16H17N5O. The SMILES string of the molecule is Cc1cnn(Cc2ccc(Cc3n[nH]cc3C(N)=O)cc2)c1. The van der Waals surface area contributed by atoms with Crippen LogP contribution in [-0.2, 0) is 13.0 Å². The van der Waals surface area contributed by atoms with Gasteiger partial charge in [-0.05, 0) is 23.6 Å². The molecule has 0 aliphatic rings. The van der Waals surface area contributed by atoms with Crippen molar-refractivity contribution in [3.8, 4) is 0 Å². The molecule has 0 bridgehead atoms. The predicted molar refractivity (Wildman–Crippen MR) is 82.4 cm³/mol. The van der Waals surface area contributed by atoms with Crippen LogP contribution in [0.5, 0.6) is 0 Å².